The molecule has 0 aromatic carbocycles. The van der Waals surface area contributed by atoms with E-state index in [0.29, 0.717) is 12.8 Å². The summed E-state index contributed by atoms with van der Waals surface area (Å²) in [6, 6.07) is 0. The van der Waals surface area contributed by atoms with Gasteiger partial charge in [-0.05, 0) is 77.0 Å². The van der Waals surface area contributed by atoms with Gasteiger partial charge in [-0.15, -0.1) is 0 Å². The second-order valence-corrected chi connectivity index (χ2v) is 17.9. The van der Waals surface area contributed by atoms with E-state index in [2.05, 4.69) is 62.5 Å². The zero-order valence-electron chi connectivity index (χ0n) is 40.7. The van der Waals surface area contributed by atoms with E-state index >= 15 is 0 Å². The molecule has 356 valence electrons. The second kappa shape index (κ2) is 52.2. The van der Waals surface area contributed by atoms with Crippen molar-refractivity contribution in [3.63, 3.8) is 0 Å². The van der Waals surface area contributed by atoms with E-state index < -0.39 is 6.10 Å². The minimum Gasteiger partial charge on any atom is -0.462 e. The Morgan fingerprint density at radius 3 is 1.00 bits per heavy atom. The van der Waals surface area contributed by atoms with Gasteiger partial charge in [0.2, 0.25) is 0 Å². The van der Waals surface area contributed by atoms with E-state index in [4.69, 9.17) is 9.47 Å². The highest BCUT2D eigenvalue weighted by atomic mass is 16.6. The number of hydrogen-bond donors (Lipinski definition) is 1. The molecule has 1 N–H and O–H groups in total. The first-order valence-electron chi connectivity index (χ1n) is 26.7. The molecule has 0 heterocycles. The van der Waals surface area contributed by atoms with Crippen LogP contribution in [0.3, 0.4) is 0 Å². The van der Waals surface area contributed by atoms with Crippen LogP contribution in [0.25, 0.3) is 0 Å². The Kier molecular flexibility index (Phi) is 50.4. The summed E-state index contributed by atoms with van der Waals surface area (Å²) in [5.41, 5.74) is 0. The van der Waals surface area contributed by atoms with Crippen LogP contribution in [0.15, 0.2) is 48.6 Å². The molecule has 0 fully saturated rings. The molecule has 1 unspecified atom stereocenters. The lowest BCUT2D eigenvalue weighted by molar-refractivity contribution is -0.161. The van der Waals surface area contributed by atoms with Gasteiger partial charge in [0.1, 0.15) is 6.61 Å². The van der Waals surface area contributed by atoms with E-state index in [0.717, 1.165) is 51.4 Å². The largest absolute Gasteiger partial charge is 0.462 e. The van der Waals surface area contributed by atoms with Crippen molar-refractivity contribution in [3.05, 3.63) is 48.6 Å². The quantitative estimate of drug-likeness (QED) is 0.0375. The molecule has 0 radical (unpaired) electrons. The van der Waals surface area contributed by atoms with E-state index in [1.165, 1.54) is 199 Å². The molecular formula is C56H102O5. The third-order valence-electron chi connectivity index (χ3n) is 11.8. The van der Waals surface area contributed by atoms with Crippen LogP contribution in [0.4, 0.5) is 0 Å². The number of ether oxygens (including phenoxy) is 2. The molecule has 0 aliphatic rings. The molecule has 0 aliphatic carbocycles. The van der Waals surface area contributed by atoms with Crippen molar-refractivity contribution in [2.45, 2.75) is 283 Å². The van der Waals surface area contributed by atoms with Crippen molar-refractivity contribution in [3.8, 4) is 0 Å². The second-order valence-electron chi connectivity index (χ2n) is 17.9. The molecule has 0 saturated carbocycles. The number of allylic oxidation sites excluding steroid dienone is 8. The summed E-state index contributed by atoms with van der Waals surface area (Å²) in [5, 5.41) is 9.63. The predicted octanol–water partition coefficient (Wildman–Crippen LogP) is 17.7. The molecule has 0 rings (SSSR count). The van der Waals surface area contributed by atoms with Gasteiger partial charge in [0.25, 0.3) is 0 Å². The average molecular weight is 855 g/mol. The Morgan fingerprint density at radius 1 is 0.377 bits per heavy atom. The van der Waals surface area contributed by atoms with E-state index in [1.54, 1.807) is 0 Å². The Bertz CT molecular complexity index is 1010. The first-order valence-corrected chi connectivity index (χ1v) is 26.7. The normalized spacial score (nSPS) is 12.5. The van der Waals surface area contributed by atoms with Gasteiger partial charge in [-0.2, -0.15) is 0 Å². The number of carbonyl (C=O) groups excluding carboxylic acids is 2. The van der Waals surface area contributed by atoms with E-state index in [9.17, 15) is 14.7 Å². The van der Waals surface area contributed by atoms with Gasteiger partial charge in [0.15, 0.2) is 6.10 Å². The molecule has 5 nitrogen and oxygen atoms in total. The first-order chi connectivity index (χ1) is 30.1. The fourth-order valence-electron chi connectivity index (χ4n) is 7.79. The van der Waals surface area contributed by atoms with Crippen LogP contribution in [0.2, 0.25) is 0 Å². The average Bonchev–Trinajstić information content (AvgIpc) is 3.26. The molecule has 1 atom stereocenters. The molecule has 0 amide bonds. The highest BCUT2D eigenvalue weighted by molar-refractivity contribution is 5.70. The number of hydrogen-bond acceptors (Lipinski definition) is 5. The lowest BCUT2D eigenvalue weighted by Crippen LogP contribution is -2.28. The van der Waals surface area contributed by atoms with E-state index in [-0.39, 0.29) is 25.2 Å². The maximum atomic E-state index is 12.3. The van der Waals surface area contributed by atoms with Gasteiger partial charge in [-0.25, -0.2) is 0 Å². The molecule has 0 saturated heterocycles. The number of unbranched alkanes of at least 4 members (excludes halogenated alkanes) is 33. The highest BCUT2D eigenvalue weighted by Gasteiger charge is 2.16. The fraction of sp³-hybridized carbons (Fsp3) is 0.821. The molecule has 0 aromatic heterocycles. The predicted molar refractivity (Wildman–Crippen MR) is 265 cm³/mol. The zero-order valence-corrected chi connectivity index (χ0v) is 40.7. The third-order valence-corrected chi connectivity index (χ3v) is 11.8. The van der Waals surface area contributed by atoms with Crippen molar-refractivity contribution in [2.24, 2.45) is 0 Å². The Morgan fingerprint density at radius 2 is 0.656 bits per heavy atom. The van der Waals surface area contributed by atoms with Gasteiger partial charge in [0, 0.05) is 12.8 Å². The number of aliphatic hydroxyl groups excluding tert-OH is 1. The van der Waals surface area contributed by atoms with E-state index in [1.807, 2.05) is 0 Å². The van der Waals surface area contributed by atoms with Crippen molar-refractivity contribution in [2.75, 3.05) is 13.2 Å². The van der Waals surface area contributed by atoms with Crippen molar-refractivity contribution in [1.29, 1.82) is 0 Å². The van der Waals surface area contributed by atoms with Crippen LogP contribution in [0, 0.1) is 0 Å². The summed E-state index contributed by atoms with van der Waals surface area (Å²) in [4.78, 5) is 24.5. The van der Waals surface area contributed by atoms with Crippen molar-refractivity contribution >= 4 is 11.9 Å². The molecule has 0 bridgehead atoms. The van der Waals surface area contributed by atoms with Gasteiger partial charge < -0.3 is 14.6 Å². The first kappa shape index (κ1) is 58.9. The molecule has 0 aliphatic heterocycles. The third kappa shape index (κ3) is 50.4. The summed E-state index contributed by atoms with van der Waals surface area (Å²) in [5.74, 6) is -0.587. The van der Waals surface area contributed by atoms with Gasteiger partial charge >= 0.3 is 11.9 Å². The zero-order chi connectivity index (χ0) is 44.2. The minimum absolute atomic E-state index is 0.0665. The standard InChI is InChI=1S/C56H102O5/c1-3-5-7-9-11-13-15-17-19-21-23-24-25-26-27-28-29-30-31-32-33-35-37-39-41-43-45-47-49-51-56(59)61-54(52-57)53-60-55(58)50-48-46-44-42-40-38-36-34-22-20-18-16-14-12-10-8-6-4-2/h15,17,20-23,25-26,54,57H,3-14,16,18-19,24,27-53H2,1-2H3/b17-15-,22-20-,23-21-,26-25-. The van der Waals surface area contributed by atoms with Gasteiger partial charge in [-0.1, -0.05) is 236 Å². The van der Waals surface area contributed by atoms with Crippen LogP contribution in [-0.4, -0.2) is 36.4 Å². The Hall–Kier alpha value is -2.14. The molecule has 0 spiro atoms. The van der Waals surface area contributed by atoms with Gasteiger partial charge in [-0.3, -0.25) is 9.59 Å². The monoisotopic (exact) mass is 855 g/mol. The number of rotatable bonds is 49. The fourth-order valence-corrected chi connectivity index (χ4v) is 7.79. The summed E-state index contributed by atoms with van der Waals surface area (Å²) < 4.78 is 10.7. The number of aliphatic hydroxyl groups is 1. The number of esters is 2. The van der Waals surface area contributed by atoms with Crippen molar-refractivity contribution < 1.29 is 24.2 Å². The summed E-state index contributed by atoms with van der Waals surface area (Å²) in [7, 11) is 0. The van der Waals surface area contributed by atoms with Crippen LogP contribution < -0.4 is 0 Å². The lowest BCUT2D eigenvalue weighted by Gasteiger charge is -2.15. The van der Waals surface area contributed by atoms with Crippen LogP contribution >= 0.6 is 0 Å². The summed E-state index contributed by atoms with van der Waals surface area (Å²) in [6.07, 6.45) is 67.8. The number of carbonyl (C=O) groups is 2. The Balaban J connectivity index is 3.48. The smallest absolute Gasteiger partial charge is 0.306 e. The SMILES string of the molecule is CCCCCCC/C=C\C/C=C\C/C=C\CCCCCCCCCCCCCCCCC(=O)OC(CO)COC(=O)CCCCCCCCC/C=C\CCCCCCCCC. The van der Waals surface area contributed by atoms with Crippen LogP contribution in [-0.2, 0) is 19.1 Å². The molecule has 61 heavy (non-hydrogen) atoms. The van der Waals surface area contributed by atoms with Crippen LogP contribution in [0.1, 0.15) is 277 Å². The minimum atomic E-state index is -0.774. The maximum Gasteiger partial charge on any atom is 0.306 e. The summed E-state index contributed by atoms with van der Waals surface area (Å²) >= 11 is 0. The maximum absolute atomic E-state index is 12.3. The van der Waals surface area contributed by atoms with Crippen LogP contribution in [0.5, 0.6) is 0 Å². The van der Waals surface area contributed by atoms with Gasteiger partial charge in [0.05, 0.1) is 6.61 Å². The summed E-state index contributed by atoms with van der Waals surface area (Å²) in [6.45, 7) is 4.15. The molecule has 5 heteroatoms. The highest BCUT2D eigenvalue weighted by Crippen LogP contribution is 2.16. The molecule has 0 aromatic rings. The van der Waals surface area contributed by atoms with Crippen molar-refractivity contribution in [1.82, 2.24) is 0 Å². The Labute approximate surface area is 379 Å². The lowest BCUT2D eigenvalue weighted by atomic mass is 10.0. The molecular weight excluding hydrogens is 753 g/mol. The topological polar surface area (TPSA) is 72.8 Å².